The highest BCUT2D eigenvalue weighted by Crippen LogP contribution is 2.49. The van der Waals surface area contributed by atoms with Gasteiger partial charge in [0.2, 0.25) is 0 Å². The molecule has 0 saturated carbocycles. The van der Waals surface area contributed by atoms with Crippen LogP contribution < -0.4 is 0 Å². The van der Waals surface area contributed by atoms with Crippen LogP contribution in [0.2, 0.25) is 5.02 Å². The van der Waals surface area contributed by atoms with Gasteiger partial charge in [0.05, 0.1) is 12.5 Å². The van der Waals surface area contributed by atoms with E-state index in [9.17, 15) is 4.79 Å². The van der Waals surface area contributed by atoms with Gasteiger partial charge in [-0.15, -0.1) is 0 Å². The molecule has 128 valence electrons. The maximum absolute atomic E-state index is 12.6. The van der Waals surface area contributed by atoms with E-state index in [-0.39, 0.29) is 17.8 Å². The first-order valence-electron chi connectivity index (χ1n) is 8.62. The van der Waals surface area contributed by atoms with Crippen molar-refractivity contribution in [2.24, 2.45) is 0 Å². The zero-order valence-electron chi connectivity index (χ0n) is 14.3. The van der Waals surface area contributed by atoms with Crippen molar-refractivity contribution in [1.29, 1.82) is 0 Å². The molecule has 1 aromatic heterocycles. The highest BCUT2D eigenvalue weighted by molar-refractivity contribution is 6.31. The molecule has 0 saturated heterocycles. The SMILES string of the molecule is CCOC(=O)[C@@H]1C[C@H](c2ccc(C)cc2)c2[nH]c3ccc(Cl)cc3c21. The topological polar surface area (TPSA) is 42.1 Å². The highest BCUT2D eigenvalue weighted by atomic mass is 35.5. The van der Waals surface area contributed by atoms with Crippen molar-refractivity contribution in [2.75, 3.05) is 6.61 Å². The maximum atomic E-state index is 12.6. The summed E-state index contributed by atoms with van der Waals surface area (Å²) in [6, 6.07) is 14.3. The number of aromatic nitrogens is 1. The second-order valence-electron chi connectivity index (χ2n) is 6.65. The zero-order chi connectivity index (χ0) is 17.6. The summed E-state index contributed by atoms with van der Waals surface area (Å²) in [5.74, 6) is -0.246. The Hall–Kier alpha value is -2.26. The first kappa shape index (κ1) is 16.2. The zero-order valence-corrected chi connectivity index (χ0v) is 15.1. The third kappa shape index (κ3) is 2.73. The normalized spacial score (nSPS) is 19.2. The van der Waals surface area contributed by atoms with E-state index < -0.39 is 0 Å². The number of aryl methyl sites for hydroxylation is 1. The summed E-state index contributed by atoms with van der Waals surface area (Å²) >= 11 is 6.21. The Balaban J connectivity index is 1.87. The lowest BCUT2D eigenvalue weighted by molar-refractivity contribution is -0.144. The Morgan fingerprint density at radius 1 is 1.24 bits per heavy atom. The largest absolute Gasteiger partial charge is 0.466 e. The molecule has 1 aliphatic carbocycles. The average molecular weight is 354 g/mol. The van der Waals surface area contributed by atoms with Crippen molar-refractivity contribution in [3.8, 4) is 0 Å². The lowest BCUT2D eigenvalue weighted by atomic mass is 9.94. The van der Waals surface area contributed by atoms with Crippen LogP contribution in [0.15, 0.2) is 42.5 Å². The van der Waals surface area contributed by atoms with Gasteiger partial charge >= 0.3 is 5.97 Å². The molecule has 2 atom stereocenters. The van der Waals surface area contributed by atoms with Gasteiger partial charge in [-0.1, -0.05) is 41.4 Å². The van der Waals surface area contributed by atoms with E-state index in [0.29, 0.717) is 11.6 Å². The molecule has 1 aliphatic rings. The molecule has 1 heterocycles. The van der Waals surface area contributed by atoms with Crippen molar-refractivity contribution in [3.05, 3.63) is 69.9 Å². The number of esters is 1. The van der Waals surface area contributed by atoms with E-state index >= 15 is 0 Å². The standard InChI is InChI=1S/C21H20ClNO2/c1-3-25-21(24)17-11-15(13-6-4-12(2)5-7-13)20-19(17)16-10-14(22)8-9-18(16)23-20/h4-10,15,17,23H,3,11H2,1-2H3/t15-,17-/m1/s1. The fourth-order valence-corrected chi connectivity index (χ4v) is 4.06. The van der Waals surface area contributed by atoms with Crippen LogP contribution in [0.5, 0.6) is 0 Å². The Labute approximate surface area is 152 Å². The number of fused-ring (bicyclic) bond motifs is 3. The molecular formula is C21H20ClNO2. The Bertz CT molecular complexity index is 942. The maximum Gasteiger partial charge on any atom is 0.313 e. The molecule has 0 unspecified atom stereocenters. The smallest absolute Gasteiger partial charge is 0.313 e. The summed E-state index contributed by atoms with van der Waals surface area (Å²) in [7, 11) is 0. The lowest BCUT2D eigenvalue weighted by Crippen LogP contribution is -2.14. The van der Waals surface area contributed by atoms with Gasteiger partial charge in [-0.05, 0) is 49.6 Å². The number of carbonyl (C=O) groups excluding carboxylic acids is 1. The quantitative estimate of drug-likeness (QED) is 0.648. The van der Waals surface area contributed by atoms with Gasteiger partial charge in [0, 0.05) is 27.5 Å². The molecule has 1 N–H and O–H groups in total. The Morgan fingerprint density at radius 2 is 2.00 bits per heavy atom. The van der Waals surface area contributed by atoms with Crippen LogP contribution in [-0.2, 0) is 9.53 Å². The number of ether oxygens (including phenoxy) is 1. The summed E-state index contributed by atoms with van der Waals surface area (Å²) in [5.41, 5.74) is 5.62. The minimum Gasteiger partial charge on any atom is -0.466 e. The van der Waals surface area contributed by atoms with E-state index in [1.165, 1.54) is 11.1 Å². The molecule has 0 radical (unpaired) electrons. The number of halogens is 1. The van der Waals surface area contributed by atoms with Crippen LogP contribution in [0.3, 0.4) is 0 Å². The van der Waals surface area contributed by atoms with Crippen molar-refractivity contribution < 1.29 is 9.53 Å². The summed E-state index contributed by atoms with van der Waals surface area (Å²) in [6.07, 6.45) is 0.728. The predicted octanol–water partition coefficient (Wildman–Crippen LogP) is 5.31. The van der Waals surface area contributed by atoms with Crippen molar-refractivity contribution in [3.63, 3.8) is 0 Å². The average Bonchev–Trinajstić information content (AvgIpc) is 3.13. The van der Waals surface area contributed by atoms with Crippen LogP contribution in [0, 0.1) is 6.92 Å². The third-order valence-electron chi connectivity index (χ3n) is 5.05. The molecule has 0 amide bonds. The Kier molecular flexibility index (Phi) is 4.04. The summed E-state index contributed by atoms with van der Waals surface area (Å²) in [6.45, 7) is 4.32. The fourth-order valence-electron chi connectivity index (χ4n) is 3.89. The molecule has 25 heavy (non-hydrogen) atoms. The van der Waals surface area contributed by atoms with Gasteiger partial charge in [0.15, 0.2) is 0 Å². The highest BCUT2D eigenvalue weighted by Gasteiger charge is 2.40. The number of hydrogen-bond acceptors (Lipinski definition) is 2. The lowest BCUT2D eigenvalue weighted by Gasteiger charge is -2.13. The monoisotopic (exact) mass is 353 g/mol. The number of aromatic amines is 1. The minimum absolute atomic E-state index is 0.153. The molecule has 0 aliphatic heterocycles. The Morgan fingerprint density at radius 3 is 2.72 bits per heavy atom. The molecular weight excluding hydrogens is 334 g/mol. The molecule has 4 heteroatoms. The van der Waals surface area contributed by atoms with E-state index in [1.54, 1.807) is 0 Å². The fraction of sp³-hybridized carbons (Fsp3) is 0.286. The van der Waals surface area contributed by atoms with Crippen molar-refractivity contribution in [1.82, 2.24) is 4.98 Å². The summed E-state index contributed by atoms with van der Waals surface area (Å²) < 4.78 is 5.35. The molecule has 0 spiro atoms. The molecule has 4 rings (SSSR count). The van der Waals surface area contributed by atoms with Gasteiger partial charge in [-0.3, -0.25) is 4.79 Å². The number of hydrogen-bond donors (Lipinski definition) is 1. The number of carbonyl (C=O) groups is 1. The number of H-pyrrole nitrogens is 1. The van der Waals surface area contributed by atoms with Crippen LogP contribution in [-0.4, -0.2) is 17.6 Å². The number of rotatable bonds is 3. The van der Waals surface area contributed by atoms with Gasteiger partial charge in [0.25, 0.3) is 0 Å². The van der Waals surface area contributed by atoms with E-state index in [2.05, 4.69) is 36.2 Å². The molecule has 2 aromatic carbocycles. The van der Waals surface area contributed by atoms with Crippen LogP contribution >= 0.6 is 11.6 Å². The van der Waals surface area contributed by atoms with Gasteiger partial charge in [-0.25, -0.2) is 0 Å². The molecule has 0 fully saturated rings. The van der Waals surface area contributed by atoms with Gasteiger partial charge < -0.3 is 9.72 Å². The van der Waals surface area contributed by atoms with Crippen LogP contribution in [0.4, 0.5) is 0 Å². The first-order valence-corrected chi connectivity index (χ1v) is 9.00. The number of nitrogens with one attached hydrogen (secondary N) is 1. The van der Waals surface area contributed by atoms with Gasteiger partial charge in [-0.2, -0.15) is 0 Å². The van der Waals surface area contributed by atoms with Crippen molar-refractivity contribution in [2.45, 2.75) is 32.1 Å². The molecule has 0 bridgehead atoms. The second kappa shape index (κ2) is 6.23. The van der Waals surface area contributed by atoms with E-state index in [0.717, 1.165) is 28.6 Å². The summed E-state index contributed by atoms with van der Waals surface area (Å²) in [4.78, 5) is 16.1. The predicted molar refractivity (Wildman–Crippen MR) is 100 cm³/mol. The summed E-state index contributed by atoms with van der Waals surface area (Å²) in [5, 5.41) is 1.70. The molecule has 3 aromatic rings. The third-order valence-corrected chi connectivity index (χ3v) is 5.29. The minimum atomic E-state index is -0.256. The van der Waals surface area contributed by atoms with Gasteiger partial charge in [0.1, 0.15) is 0 Å². The van der Waals surface area contributed by atoms with E-state index in [1.807, 2.05) is 25.1 Å². The van der Waals surface area contributed by atoms with Crippen molar-refractivity contribution >= 4 is 28.5 Å². The molecule has 3 nitrogen and oxygen atoms in total. The number of benzene rings is 2. The second-order valence-corrected chi connectivity index (χ2v) is 7.08. The van der Waals surface area contributed by atoms with Crippen LogP contribution in [0.1, 0.15) is 47.6 Å². The van der Waals surface area contributed by atoms with E-state index in [4.69, 9.17) is 16.3 Å². The first-order chi connectivity index (χ1) is 12.1. The van der Waals surface area contributed by atoms with Crippen LogP contribution in [0.25, 0.3) is 10.9 Å².